The Hall–Kier alpha value is -0.460. The van der Waals surface area contributed by atoms with E-state index in [-0.39, 0.29) is 5.91 Å². The number of hydrogen-bond acceptors (Lipinski definition) is 5. The highest BCUT2D eigenvalue weighted by molar-refractivity contribution is 8.26. The molecule has 98 valence electrons. The van der Waals surface area contributed by atoms with E-state index in [0.717, 1.165) is 22.8 Å². The van der Waals surface area contributed by atoms with Crippen molar-refractivity contribution in [2.75, 3.05) is 25.9 Å². The van der Waals surface area contributed by atoms with Crippen molar-refractivity contribution in [3.05, 3.63) is 21.6 Å². The van der Waals surface area contributed by atoms with Crippen LogP contribution in [0.2, 0.25) is 0 Å². The SMILES string of the molecule is CCN1C(=O)/C(=C(C)\C=C2/SCCN2C)SC1=S. The van der Waals surface area contributed by atoms with Gasteiger partial charge in [0.25, 0.3) is 5.91 Å². The third-order valence-electron chi connectivity index (χ3n) is 2.92. The predicted octanol–water partition coefficient (Wildman–Crippen LogP) is 2.66. The number of rotatable bonds is 2. The zero-order chi connectivity index (χ0) is 13.3. The van der Waals surface area contributed by atoms with Gasteiger partial charge in [-0.2, -0.15) is 0 Å². The molecule has 0 bridgehead atoms. The van der Waals surface area contributed by atoms with Crippen LogP contribution in [0.5, 0.6) is 0 Å². The van der Waals surface area contributed by atoms with Gasteiger partial charge in [-0.3, -0.25) is 9.69 Å². The summed E-state index contributed by atoms with van der Waals surface area (Å²) in [6.45, 7) is 5.65. The fraction of sp³-hybridized carbons (Fsp3) is 0.500. The van der Waals surface area contributed by atoms with Gasteiger partial charge in [-0.05, 0) is 25.5 Å². The number of carbonyl (C=O) groups excluding carboxylic acids is 1. The minimum absolute atomic E-state index is 0.0486. The van der Waals surface area contributed by atoms with Gasteiger partial charge < -0.3 is 4.90 Å². The van der Waals surface area contributed by atoms with Gasteiger partial charge >= 0.3 is 0 Å². The molecule has 0 unspecified atom stereocenters. The number of thioether (sulfide) groups is 2. The van der Waals surface area contributed by atoms with E-state index in [9.17, 15) is 4.79 Å². The van der Waals surface area contributed by atoms with E-state index in [1.165, 1.54) is 16.8 Å². The summed E-state index contributed by atoms with van der Waals surface area (Å²) < 4.78 is 0.669. The summed E-state index contributed by atoms with van der Waals surface area (Å²) >= 11 is 8.46. The molecule has 2 heterocycles. The second kappa shape index (κ2) is 5.67. The van der Waals surface area contributed by atoms with Crippen LogP contribution in [0.15, 0.2) is 21.6 Å². The van der Waals surface area contributed by atoms with Crippen LogP contribution in [-0.2, 0) is 4.79 Å². The smallest absolute Gasteiger partial charge is 0.266 e. The molecule has 2 aliphatic rings. The second-order valence-electron chi connectivity index (χ2n) is 4.18. The maximum absolute atomic E-state index is 12.2. The molecule has 3 nitrogen and oxygen atoms in total. The van der Waals surface area contributed by atoms with Gasteiger partial charge in [-0.15, -0.1) is 11.8 Å². The number of likely N-dealkylation sites (N-methyl/N-ethyl adjacent to an activating group) is 1. The Kier molecular flexibility index (Phi) is 4.40. The van der Waals surface area contributed by atoms with Crippen molar-refractivity contribution in [3.8, 4) is 0 Å². The lowest BCUT2D eigenvalue weighted by molar-refractivity contribution is -0.122. The van der Waals surface area contributed by atoms with Crippen LogP contribution in [0.3, 0.4) is 0 Å². The Morgan fingerprint density at radius 1 is 1.56 bits per heavy atom. The van der Waals surface area contributed by atoms with E-state index in [4.69, 9.17) is 12.2 Å². The molecule has 2 rings (SSSR count). The number of amides is 1. The molecule has 0 atom stereocenters. The van der Waals surface area contributed by atoms with Crippen LogP contribution in [0.25, 0.3) is 0 Å². The first kappa shape index (κ1) is 14.0. The normalized spacial score (nSPS) is 25.6. The monoisotopic (exact) mass is 300 g/mol. The average molecular weight is 300 g/mol. The highest BCUT2D eigenvalue weighted by atomic mass is 32.2. The lowest BCUT2D eigenvalue weighted by Crippen LogP contribution is -2.27. The molecule has 2 fully saturated rings. The summed E-state index contributed by atoms with van der Waals surface area (Å²) in [7, 11) is 2.08. The van der Waals surface area contributed by atoms with E-state index in [1.54, 1.807) is 4.90 Å². The number of carbonyl (C=O) groups is 1. The molecular weight excluding hydrogens is 284 g/mol. The summed E-state index contributed by atoms with van der Waals surface area (Å²) in [6.07, 6.45) is 2.10. The standard InChI is InChI=1S/C12H16N2OS3/c1-4-14-11(15)10(18-12(14)16)8(2)7-9-13(3)5-6-17-9/h7H,4-6H2,1-3H3/b9-7-,10-8+. The van der Waals surface area contributed by atoms with Crippen molar-refractivity contribution >= 4 is 46.0 Å². The zero-order valence-electron chi connectivity index (χ0n) is 10.7. The highest BCUT2D eigenvalue weighted by Crippen LogP contribution is 2.35. The zero-order valence-corrected chi connectivity index (χ0v) is 13.2. The Morgan fingerprint density at radius 2 is 2.28 bits per heavy atom. The maximum atomic E-state index is 12.2. The van der Waals surface area contributed by atoms with Crippen LogP contribution in [0, 0.1) is 0 Å². The molecule has 0 aliphatic carbocycles. The van der Waals surface area contributed by atoms with E-state index in [1.807, 2.05) is 25.6 Å². The molecule has 0 aromatic rings. The molecule has 1 amide bonds. The molecule has 18 heavy (non-hydrogen) atoms. The second-order valence-corrected chi connectivity index (χ2v) is 6.94. The van der Waals surface area contributed by atoms with Crippen molar-refractivity contribution in [1.29, 1.82) is 0 Å². The van der Waals surface area contributed by atoms with Crippen LogP contribution < -0.4 is 0 Å². The predicted molar refractivity (Wildman–Crippen MR) is 83.4 cm³/mol. The van der Waals surface area contributed by atoms with Crippen molar-refractivity contribution in [2.45, 2.75) is 13.8 Å². The molecule has 0 N–H and O–H groups in total. The van der Waals surface area contributed by atoms with Crippen LogP contribution in [-0.4, -0.2) is 45.9 Å². The summed E-state index contributed by atoms with van der Waals surface area (Å²) in [4.78, 5) is 16.8. The topological polar surface area (TPSA) is 23.6 Å². The van der Waals surface area contributed by atoms with Gasteiger partial charge in [0.15, 0.2) is 0 Å². The van der Waals surface area contributed by atoms with E-state index < -0.39 is 0 Å². The first-order valence-corrected chi connectivity index (χ1v) is 8.05. The van der Waals surface area contributed by atoms with Gasteiger partial charge in [0.2, 0.25) is 0 Å². The van der Waals surface area contributed by atoms with Crippen molar-refractivity contribution in [2.24, 2.45) is 0 Å². The molecule has 0 aromatic carbocycles. The fourth-order valence-corrected chi connectivity index (χ4v) is 4.35. The molecule has 2 saturated heterocycles. The van der Waals surface area contributed by atoms with Crippen LogP contribution in [0.4, 0.5) is 0 Å². The van der Waals surface area contributed by atoms with Crippen LogP contribution in [0.1, 0.15) is 13.8 Å². The number of nitrogens with zero attached hydrogens (tertiary/aromatic N) is 2. The Morgan fingerprint density at radius 3 is 2.78 bits per heavy atom. The molecule has 0 aromatic heterocycles. The Balaban J connectivity index is 2.27. The summed E-state index contributed by atoms with van der Waals surface area (Å²) in [5.41, 5.74) is 1.01. The van der Waals surface area contributed by atoms with Gasteiger partial charge in [0.05, 0.1) is 9.93 Å². The first-order chi connectivity index (χ1) is 8.54. The number of hydrogen-bond donors (Lipinski definition) is 0. The Bertz CT molecular complexity index is 456. The van der Waals surface area contributed by atoms with Crippen molar-refractivity contribution in [1.82, 2.24) is 9.80 Å². The minimum Gasteiger partial charge on any atom is -0.369 e. The molecular formula is C12H16N2OS3. The molecule has 0 saturated carbocycles. The molecule has 6 heteroatoms. The first-order valence-electron chi connectivity index (χ1n) is 5.84. The minimum atomic E-state index is 0.0486. The molecule has 0 spiro atoms. The summed E-state index contributed by atoms with van der Waals surface area (Å²) in [5, 5.41) is 1.23. The lowest BCUT2D eigenvalue weighted by atomic mass is 10.2. The maximum Gasteiger partial charge on any atom is 0.266 e. The molecule has 2 aliphatic heterocycles. The van der Waals surface area contributed by atoms with E-state index in [2.05, 4.69) is 18.0 Å². The third kappa shape index (κ3) is 2.60. The number of thiocarbonyl (C=S) groups is 1. The average Bonchev–Trinajstić information content (AvgIpc) is 2.84. The quantitative estimate of drug-likeness (QED) is 0.576. The summed E-state index contributed by atoms with van der Waals surface area (Å²) in [6, 6.07) is 0. The fourth-order valence-electron chi connectivity index (χ4n) is 1.82. The van der Waals surface area contributed by atoms with Gasteiger partial charge in [0, 0.05) is 25.9 Å². The highest BCUT2D eigenvalue weighted by Gasteiger charge is 2.32. The molecule has 0 radical (unpaired) electrons. The van der Waals surface area contributed by atoms with E-state index >= 15 is 0 Å². The van der Waals surface area contributed by atoms with Gasteiger partial charge in [-0.25, -0.2) is 0 Å². The van der Waals surface area contributed by atoms with E-state index in [0.29, 0.717) is 10.9 Å². The Labute approximate surface area is 122 Å². The summed E-state index contributed by atoms with van der Waals surface area (Å²) in [5.74, 6) is 1.17. The number of allylic oxidation sites excluding steroid dienone is 2. The largest absolute Gasteiger partial charge is 0.369 e. The van der Waals surface area contributed by atoms with Crippen molar-refractivity contribution in [3.63, 3.8) is 0 Å². The lowest BCUT2D eigenvalue weighted by Gasteiger charge is -2.12. The van der Waals surface area contributed by atoms with Gasteiger partial charge in [-0.1, -0.05) is 24.0 Å². The third-order valence-corrected chi connectivity index (χ3v) is 5.59. The van der Waals surface area contributed by atoms with Crippen molar-refractivity contribution < 1.29 is 4.79 Å². The van der Waals surface area contributed by atoms with Gasteiger partial charge in [0.1, 0.15) is 4.32 Å². The van der Waals surface area contributed by atoms with Crippen LogP contribution >= 0.6 is 35.7 Å².